The molecule has 3 nitrogen and oxygen atoms in total. The molecule has 0 N–H and O–H groups in total. The van der Waals surface area contributed by atoms with Crippen LogP contribution in [0.3, 0.4) is 0 Å². The summed E-state index contributed by atoms with van der Waals surface area (Å²) in [7, 11) is 0. The summed E-state index contributed by atoms with van der Waals surface area (Å²) >= 11 is 6.02. The van der Waals surface area contributed by atoms with Crippen LogP contribution in [0, 0.1) is 0 Å². The van der Waals surface area contributed by atoms with E-state index in [2.05, 4.69) is 41.9 Å². The molecular weight excluding hydrogens is 272 g/mol. The van der Waals surface area contributed by atoms with Crippen molar-refractivity contribution in [3.63, 3.8) is 0 Å². The summed E-state index contributed by atoms with van der Waals surface area (Å²) in [5, 5.41) is 2.36. The number of aromatic nitrogens is 1. The summed E-state index contributed by atoms with van der Waals surface area (Å²) in [4.78, 5) is 6.96. The summed E-state index contributed by atoms with van der Waals surface area (Å²) < 4.78 is 5.78. The number of hydrogen-bond donors (Lipinski definition) is 0. The average Bonchev–Trinajstić information content (AvgIpc) is 2.45. The number of benzene rings is 1. The molecule has 1 fully saturated rings. The molecule has 0 saturated carbocycles. The number of alkyl halides is 1. The Morgan fingerprint density at radius 3 is 2.75 bits per heavy atom. The summed E-state index contributed by atoms with van der Waals surface area (Å²) in [6, 6.07) is 8.34. The smallest absolute Gasteiger partial charge is 0.136 e. The fourth-order valence-corrected chi connectivity index (χ4v) is 3.00. The van der Waals surface area contributed by atoms with Gasteiger partial charge in [-0.15, -0.1) is 11.6 Å². The molecule has 0 unspecified atom stereocenters. The molecule has 1 aliphatic heterocycles. The number of anilines is 1. The first-order valence-electron chi connectivity index (χ1n) is 6.92. The van der Waals surface area contributed by atoms with Gasteiger partial charge in [-0.25, -0.2) is 4.98 Å². The van der Waals surface area contributed by atoms with E-state index >= 15 is 0 Å². The maximum atomic E-state index is 6.02. The highest BCUT2D eigenvalue weighted by Crippen LogP contribution is 2.30. The van der Waals surface area contributed by atoms with Gasteiger partial charge in [-0.3, -0.25) is 0 Å². The van der Waals surface area contributed by atoms with E-state index in [1.807, 2.05) is 12.3 Å². The molecule has 0 aliphatic carbocycles. The average molecular weight is 291 g/mol. The molecule has 0 atom stereocenters. The van der Waals surface area contributed by atoms with E-state index < -0.39 is 0 Å². The van der Waals surface area contributed by atoms with Crippen molar-refractivity contribution in [2.24, 2.45) is 0 Å². The van der Waals surface area contributed by atoms with Gasteiger partial charge >= 0.3 is 0 Å². The molecule has 1 aromatic carbocycles. The highest BCUT2D eigenvalue weighted by Gasteiger charge is 2.28. The zero-order chi connectivity index (χ0) is 14.2. The van der Waals surface area contributed by atoms with Crippen molar-refractivity contribution >= 4 is 28.2 Å². The summed E-state index contributed by atoms with van der Waals surface area (Å²) in [5.41, 5.74) is 0.949. The van der Waals surface area contributed by atoms with Gasteiger partial charge in [0.1, 0.15) is 5.82 Å². The van der Waals surface area contributed by atoms with Gasteiger partial charge in [0.15, 0.2) is 0 Å². The number of ether oxygens (including phenoxy) is 1. The van der Waals surface area contributed by atoms with Gasteiger partial charge in [-0.1, -0.05) is 24.3 Å². The third-order valence-corrected chi connectivity index (χ3v) is 4.01. The lowest BCUT2D eigenvalue weighted by molar-refractivity contribution is -0.0278. The molecule has 1 aliphatic rings. The molecule has 2 aromatic rings. The number of pyridine rings is 1. The van der Waals surface area contributed by atoms with E-state index in [-0.39, 0.29) is 5.60 Å². The Kier molecular flexibility index (Phi) is 3.57. The molecule has 3 rings (SSSR count). The van der Waals surface area contributed by atoms with Crippen LogP contribution in [0.25, 0.3) is 10.8 Å². The van der Waals surface area contributed by atoms with Gasteiger partial charge in [0.2, 0.25) is 0 Å². The molecule has 0 radical (unpaired) electrons. The number of halogens is 1. The van der Waals surface area contributed by atoms with Crippen molar-refractivity contribution in [2.75, 3.05) is 24.6 Å². The normalized spacial score (nSPS) is 18.4. The minimum Gasteiger partial charge on any atom is -0.372 e. The number of rotatable bonds is 2. The van der Waals surface area contributed by atoms with E-state index in [0.29, 0.717) is 5.88 Å². The zero-order valence-corrected chi connectivity index (χ0v) is 12.7. The first-order chi connectivity index (χ1) is 9.61. The third kappa shape index (κ3) is 2.48. The summed E-state index contributed by atoms with van der Waals surface area (Å²) in [6.45, 7) is 6.70. The minimum absolute atomic E-state index is 0.133. The van der Waals surface area contributed by atoms with E-state index in [4.69, 9.17) is 16.3 Å². The van der Waals surface area contributed by atoms with Crippen molar-refractivity contribution < 1.29 is 4.74 Å². The third-order valence-electron chi connectivity index (χ3n) is 3.73. The van der Waals surface area contributed by atoms with Crippen molar-refractivity contribution in [1.29, 1.82) is 0 Å². The predicted molar refractivity (Wildman–Crippen MR) is 83.5 cm³/mol. The number of hydrogen-bond acceptors (Lipinski definition) is 3. The van der Waals surface area contributed by atoms with Crippen LogP contribution >= 0.6 is 11.6 Å². The molecule has 20 heavy (non-hydrogen) atoms. The number of nitrogens with zero attached hydrogens (tertiary/aromatic N) is 2. The lowest BCUT2D eigenvalue weighted by Gasteiger charge is -2.39. The maximum Gasteiger partial charge on any atom is 0.136 e. The Morgan fingerprint density at radius 2 is 2.05 bits per heavy atom. The van der Waals surface area contributed by atoms with Gasteiger partial charge in [-0.05, 0) is 24.8 Å². The van der Waals surface area contributed by atoms with Gasteiger partial charge in [0.05, 0.1) is 12.2 Å². The van der Waals surface area contributed by atoms with Crippen LogP contribution in [0.1, 0.15) is 19.4 Å². The van der Waals surface area contributed by atoms with Crippen LogP contribution in [0.2, 0.25) is 0 Å². The second kappa shape index (κ2) is 5.23. The molecule has 1 saturated heterocycles. The van der Waals surface area contributed by atoms with Crippen LogP contribution in [-0.4, -0.2) is 30.3 Å². The topological polar surface area (TPSA) is 25.4 Å². The molecule has 4 heteroatoms. The predicted octanol–water partition coefficient (Wildman–Crippen LogP) is 3.59. The fourth-order valence-electron chi connectivity index (χ4n) is 2.79. The fraction of sp³-hybridized carbons (Fsp3) is 0.438. The minimum atomic E-state index is -0.133. The molecule has 0 amide bonds. The quantitative estimate of drug-likeness (QED) is 0.791. The SMILES string of the molecule is CC1(C)CN(c2ncc(CCl)c3ccccc23)CCO1. The van der Waals surface area contributed by atoms with E-state index in [0.717, 1.165) is 31.1 Å². The molecule has 1 aromatic heterocycles. The van der Waals surface area contributed by atoms with Gasteiger partial charge in [0, 0.05) is 30.6 Å². The Bertz CT molecular complexity index is 627. The molecule has 0 spiro atoms. The summed E-state index contributed by atoms with van der Waals surface area (Å²) in [6.07, 6.45) is 1.90. The largest absolute Gasteiger partial charge is 0.372 e. The Morgan fingerprint density at radius 1 is 1.30 bits per heavy atom. The van der Waals surface area contributed by atoms with Crippen LogP contribution < -0.4 is 4.90 Å². The molecular formula is C16H19ClN2O. The molecule has 106 valence electrons. The Balaban J connectivity index is 2.08. The number of fused-ring (bicyclic) bond motifs is 1. The van der Waals surface area contributed by atoms with Gasteiger partial charge < -0.3 is 9.64 Å². The highest BCUT2D eigenvalue weighted by molar-refractivity contribution is 6.18. The second-order valence-corrected chi connectivity index (χ2v) is 6.08. The summed E-state index contributed by atoms with van der Waals surface area (Å²) in [5.74, 6) is 1.52. The lowest BCUT2D eigenvalue weighted by atomic mass is 10.0. The number of morpholine rings is 1. The van der Waals surface area contributed by atoms with Crippen LogP contribution in [0.15, 0.2) is 30.5 Å². The monoisotopic (exact) mass is 290 g/mol. The van der Waals surface area contributed by atoms with Crippen molar-refractivity contribution in [2.45, 2.75) is 25.3 Å². The van der Waals surface area contributed by atoms with Crippen molar-refractivity contribution in [3.05, 3.63) is 36.0 Å². The van der Waals surface area contributed by atoms with Gasteiger partial charge in [-0.2, -0.15) is 0 Å². The van der Waals surface area contributed by atoms with Crippen LogP contribution in [0.5, 0.6) is 0 Å². The van der Waals surface area contributed by atoms with Crippen molar-refractivity contribution in [1.82, 2.24) is 4.98 Å². The standard InChI is InChI=1S/C16H19ClN2O/c1-16(2)11-19(7-8-20-16)15-14-6-4-3-5-13(14)12(9-17)10-18-15/h3-6,10H,7-9,11H2,1-2H3. The highest BCUT2D eigenvalue weighted by atomic mass is 35.5. The first kappa shape index (κ1) is 13.7. The van der Waals surface area contributed by atoms with Crippen LogP contribution in [-0.2, 0) is 10.6 Å². The van der Waals surface area contributed by atoms with Gasteiger partial charge in [0.25, 0.3) is 0 Å². The molecule has 0 bridgehead atoms. The van der Waals surface area contributed by atoms with E-state index in [1.54, 1.807) is 0 Å². The Hall–Kier alpha value is -1.32. The second-order valence-electron chi connectivity index (χ2n) is 5.82. The first-order valence-corrected chi connectivity index (χ1v) is 7.46. The van der Waals surface area contributed by atoms with Crippen molar-refractivity contribution in [3.8, 4) is 0 Å². The maximum absolute atomic E-state index is 6.02. The van der Waals surface area contributed by atoms with E-state index in [9.17, 15) is 0 Å². The van der Waals surface area contributed by atoms with Crippen LogP contribution in [0.4, 0.5) is 5.82 Å². The Labute approximate surface area is 124 Å². The molecule has 2 heterocycles. The lowest BCUT2D eigenvalue weighted by Crippen LogP contribution is -2.48. The van der Waals surface area contributed by atoms with E-state index in [1.165, 1.54) is 10.8 Å². The zero-order valence-electron chi connectivity index (χ0n) is 11.9.